The summed E-state index contributed by atoms with van der Waals surface area (Å²) in [7, 11) is 0. The number of aliphatic imine (C=N–C) groups is 2. The predicted octanol–water partition coefficient (Wildman–Crippen LogP) is 3.66. The second-order valence-corrected chi connectivity index (χ2v) is 12.2. The molecule has 37 heavy (non-hydrogen) atoms. The second-order valence-electron chi connectivity index (χ2n) is 12.2. The van der Waals surface area contributed by atoms with Crippen LogP contribution >= 0.6 is 0 Å². The molecule has 4 aliphatic rings. The lowest BCUT2D eigenvalue weighted by atomic mass is 9.73. The highest BCUT2D eigenvalue weighted by atomic mass is 16.3. The van der Waals surface area contributed by atoms with Gasteiger partial charge >= 0.3 is 0 Å². The maximum atomic E-state index is 10.7. The van der Waals surface area contributed by atoms with Crippen LogP contribution in [-0.2, 0) is 0 Å². The number of hydrogen-bond acceptors (Lipinski definition) is 7. The van der Waals surface area contributed by atoms with Gasteiger partial charge in [-0.25, -0.2) is 0 Å². The number of nitrogens with zero attached hydrogens (tertiary/aromatic N) is 2. The van der Waals surface area contributed by atoms with Gasteiger partial charge in [0.2, 0.25) is 0 Å². The summed E-state index contributed by atoms with van der Waals surface area (Å²) in [6.07, 6.45) is 14.8. The molecule has 0 bridgehead atoms. The van der Waals surface area contributed by atoms with Gasteiger partial charge in [0, 0.05) is 48.2 Å². The average Bonchev–Trinajstić information content (AvgIpc) is 2.90. The van der Waals surface area contributed by atoms with Crippen molar-refractivity contribution in [2.75, 3.05) is 26.2 Å². The Kier molecular flexibility index (Phi) is 11.9. The standard InChI is InChI=1S/C30H53N3O4/c34-25-13-5-1-9-21(25)29(22-10-2-6-14-26(22)35)32-19-17-31-18-20-33-30(23-11-3-7-15-27(23)36)24-12-4-8-16-28(24)37/h21-28,31,34-37H,1-20H2. The van der Waals surface area contributed by atoms with Crippen LogP contribution in [0.1, 0.15) is 103 Å². The zero-order valence-electron chi connectivity index (χ0n) is 22.9. The monoisotopic (exact) mass is 519 g/mol. The van der Waals surface area contributed by atoms with Crippen LogP contribution in [0.5, 0.6) is 0 Å². The van der Waals surface area contributed by atoms with Crippen molar-refractivity contribution in [1.29, 1.82) is 0 Å². The van der Waals surface area contributed by atoms with E-state index in [0.29, 0.717) is 13.1 Å². The molecule has 0 amide bonds. The van der Waals surface area contributed by atoms with Crippen molar-refractivity contribution in [3.05, 3.63) is 0 Å². The third kappa shape index (κ3) is 8.07. The van der Waals surface area contributed by atoms with E-state index >= 15 is 0 Å². The lowest BCUT2D eigenvalue weighted by molar-refractivity contribution is 0.0770. The largest absolute Gasteiger partial charge is 0.392 e. The number of hydrogen-bond donors (Lipinski definition) is 5. The van der Waals surface area contributed by atoms with Gasteiger partial charge in [0.15, 0.2) is 0 Å². The van der Waals surface area contributed by atoms with Crippen LogP contribution < -0.4 is 5.32 Å². The number of nitrogens with one attached hydrogen (secondary N) is 1. The Morgan fingerprint density at radius 2 is 0.730 bits per heavy atom. The molecule has 0 aliphatic heterocycles. The van der Waals surface area contributed by atoms with E-state index in [0.717, 1.165) is 127 Å². The van der Waals surface area contributed by atoms with Gasteiger partial charge in [-0.15, -0.1) is 0 Å². The highest BCUT2D eigenvalue weighted by Crippen LogP contribution is 2.35. The molecule has 5 N–H and O–H groups in total. The van der Waals surface area contributed by atoms with Crippen LogP contribution in [0.25, 0.3) is 0 Å². The number of aliphatic hydroxyl groups excluding tert-OH is 4. The van der Waals surface area contributed by atoms with Gasteiger partial charge in [0.05, 0.1) is 37.5 Å². The normalized spacial score (nSPS) is 37.1. The van der Waals surface area contributed by atoms with Gasteiger partial charge in [0.25, 0.3) is 0 Å². The van der Waals surface area contributed by atoms with Crippen molar-refractivity contribution in [2.45, 2.75) is 127 Å². The summed E-state index contributed by atoms with van der Waals surface area (Å²) in [6, 6.07) is 0. The first-order valence-corrected chi connectivity index (χ1v) is 15.6. The summed E-state index contributed by atoms with van der Waals surface area (Å²) in [5, 5.41) is 46.3. The minimum absolute atomic E-state index is 0.0995. The van der Waals surface area contributed by atoms with E-state index < -0.39 is 0 Å². The molecule has 0 aromatic carbocycles. The van der Waals surface area contributed by atoms with Crippen molar-refractivity contribution in [1.82, 2.24) is 5.32 Å². The van der Waals surface area contributed by atoms with E-state index in [1.807, 2.05) is 0 Å². The van der Waals surface area contributed by atoms with Crippen molar-refractivity contribution >= 4 is 11.4 Å². The number of rotatable bonds is 10. The SMILES string of the molecule is OC1CCCCC1C(=NCCNCCN=C(C1CCCCC1O)C1CCCCC1O)C1CCCCC1O. The summed E-state index contributed by atoms with van der Waals surface area (Å²) in [4.78, 5) is 10.0. The van der Waals surface area contributed by atoms with Gasteiger partial charge in [-0.2, -0.15) is 0 Å². The van der Waals surface area contributed by atoms with E-state index in [4.69, 9.17) is 9.98 Å². The van der Waals surface area contributed by atoms with Crippen molar-refractivity contribution in [3.63, 3.8) is 0 Å². The van der Waals surface area contributed by atoms with E-state index in [1.165, 1.54) is 0 Å². The number of aliphatic hydroxyl groups is 4. The second kappa shape index (κ2) is 15.1. The van der Waals surface area contributed by atoms with Crippen LogP contribution in [0.2, 0.25) is 0 Å². The fourth-order valence-corrected chi connectivity index (χ4v) is 7.50. The highest BCUT2D eigenvalue weighted by molar-refractivity contribution is 5.90. The minimum Gasteiger partial charge on any atom is -0.392 e. The Morgan fingerprint density at radius 3 is 1.00 bits per heavy atom. The summed E-state index contributed by atoms with van der Waals surface area (Å²) < 4.78 is 0. The topological polar surface area (TPSA) is 118 Å². The van der Waals surface area contributed by atoms with Gasteiger partial charge in [-0.05, 0) is 51.4 Å². The molecule has 0 heterocycles. The smallest absolute Gasteiger partial charge is 0.0620 e. The Hall–Kier alpha value is -0.860. The third-order valence-corrected chi connectivity index (χ3v) is 9.60. The van der Waals surface area contributed by atoms with Crippen molar-refractivity contribution < 1.29 is 20.4 Å². The maximum absolute atomic E-state index is 10.7. The first kappa shape index (κ1) is 29.1. The molecular formula is C30H53N3O4. The molecule has 0 aromatic heterocycles. The Balaban J connectivity index is 1.32. The summed E-state index contributed by atoms with van der Waals surface area (Å²) >= 11 is 0. The molecule has 8 unspecified atom stereocenters. The molecule has 4 saturated carbocycles. The Morgan fingerprint density at radius 1 is 0.459 bits per heavy atom. The molecule has 212 valence electrons. The van der Waals surface area contributed by atoms with Gasteiger partial charge in [-0.1, -0.05) is 51.4 Å². The summed E-state index contributed by atoms with van der Waals surface area (Å²) in [5.41, 5.74) is 2.14. The molecule has 0 aromatic rings. The molecule has 0 radical (unpaired) electrons. The van der Waals surface area contributed by atoms with Crippen molar-refractivity contribution in [3.8, 4) is 0 Å². The van der Waals surface area contributed by atoms with E-state index in [1.54, 1.807) is 0 Å². The third-order valence-electron chi connectivity index (χ3n) is 9.60. The fourth-order valence-electron chi connectivity index (χ4n) is 7.50. The molecule has 0 saturated heterocycles. The van der Waals surface area contributed by atoms with E-state index in [9.17, 15) is 20.4 Å². The molecule has 4 aliphatic carbocycles. The highest BCUT2D eigenvalue weighted by Gasteiger charge is 2.37. The molecule has 4 rings (SSSR count). The lowest BCUT2D eigenvalue weighted by Crippen LogP contribution is -2.41. The van der Waals surface area contributed by atoms with Crippen molar-refractivity contribution in [2.24, 2.45) is 33.7 Å². The maximum Gasteiger partial charge on any atom is 0.0620 e. The molecule has 7 heteroatoms. The Bertz CT molecular complexity index is 636. The first-order valence-electron chi connectivity index (χ1n) is 15.6. The zero-order chi connectivity index (χ0) is 26.0. The van der Waals surface area contributed by atoms with Crippen LogP contribution in [0.4, 0.5) is 0 Å². The molecule has 0 spiro atoms. The quantitative estimate of drug-likeness (QED) is 0.223. The van der Waals surface area contributed by atoms with Crippen LogP contribution in [0, 0.1) is 23.7 Å². The minimum atomic E-state index is -0.326. The summed E-state index contributed by atoms with van der Waals surface area (Å²) in [5.74, 6) is 0.398. The molecule has 4 fully saturated rings. The summed E-state index contributed by atoms with van der Waals surface area (Å²) in [6.45, 7) is 2.80. The molecule has 8 atom stereocenters. The average molecular weight is 520 g/mol. The Labute approximate surface area is 224 Å². The van der Waals surface area contributed by atoms with Crippen LogP contribution in [-0.4, -0.2) is 82.4 Å². The van der Waals surface area contributed by atoms with Crippen LogP contribution in [0.15, 0.2) is 9.98 Å². The van der Waals surface area contributed by atoms with E-state index in [2.05, 4.69) is 5.32 Å². The molecule has 7 nitrogen and oxygen atoms in total. The van der Waals surface area contributed by atoms with Crippen LogP contribution in [0.3, 0.4) is 0 Å². The lowest BCUT2D eigenvalue weighted by Gasteiger charge is -2.36. The van der Waals surface area contributed by atoms with Gasteiger partial charge in [0.1, 0.15) is 0 Å². The fraction of sp³-hybridized carbons (Fsp3) is 0.933. The first-order chi connectivity index (χ1) is 18.1. The van der Waals surface area contributed by atoms with E-state index in [-0.39, 0.29) is 48.1 Å². The molecular weight excluding hydrogens is 466 g/mol. The zero-order valence-corrected chi connectivity index (χ0v) is 22.9. The van der Waals surface area contributed by atoms with Gasteiger partial charge < -0.3 is 25.7 Å². The predicted molar refractivity (Wildman–Crippen MR) is 149 cm³/mol. The van der Waals surface area contributed by atoms with Gasteiger partial charge in [-0.3, -0.25) is 9.98 Å².